The average Bonchev–Trinajstić information content (AvgIpc) is 1.89. The molecule has 0 heterocycles. The molecule has 2 heteroatoms. The summed E-state index contributed by atoms with van der Waals surface area (Å²) in [5.41, 5.74) is 2.97. The standard InChI is InChI=1S/C7H16N2/c1-4-5-6-7-9(3)8-2/h6-8H,4-5H2,1-3H3. The monoisotopic (exact) mass is 128 g/mol. The predicted octanol–water partition coefficient (Wildman–Crippen LogP) is 1.37. The van der Waals surface area contributed by atoms with Crippen molar-refractivity contribution in [1.82, 2.24) is 10.4 Å². The summed E-state index contributed by atoms with van der Waals surface area (Å²) in [4.78, 5) is 0. The highest BCUT2D eigenvalue weighted by atomic mass is 15.5. The van der Waals surface area contributed by atoms with Gasteiger partial charge in [0.25, 0.3) is 0 Å². The number of allylic oxidation sites excluding steroid dienone is 1. The van der Waals surface area contributed by atoms with Crippen molar-refractivity contribution in [3.05, 3.63) is 12.3 Å². The molecular formula is C7H16N2. The van der Waals surface area contributed by atoms with Crippen LogP contribution in [0.2, 0.25) is 0 Å². The van der Waals surface area contributed by atoms with Crippen LogP contribution < -0.4 is 5.43 Å². The molecule has 0 rings (SSSR count). The SMILES string of the molecule is CCCC=CN(C)NC. The van der Waals surface area contributed by atoms with E-state index in [4.69, 9.17) is 0 Å². The normalized spacial score (nSPS) is 10.6. The summed E-state index contributed by atoms with van der Waals surface area (Å²) in [5.74, 6) is 0. The average molecular weight is 128 g/mol. The van der Waals surface area contributed by atoms with Crippen LogP contribution in [-0.4, -0.2) is 19.1 Å². The van der Waals surface area contributed by atoms with E-state index in [1.54, 1.807) is 0 Å². The topological polar surface area (TPSA) is 15.3 Å². The molecule has 54 valence electrons. The molecule has 0 aliphatic rings. The van der Waals surface area contributed by atoms with E-state index in [0.717, 1.165) is 6.42 Å². The van der Waals surface area contributed by atoms with Gasteiger partial charge in [0.15, 0.2) is 0 Å². The van der Waals surface area contributed by atoms with E-state index in [1.165, 1.54) is 6.42 Å². The van der Waals surface area contributed by atoms with E-state index < -0.39 is 0 Å². The van der Waals surface area contributed by atoms with Gasteiger partial charge in [-0.2, -0.15) is 0 Å². The Hall–Kier alpha value is -0.500. The molecule has 0 aromatic rings. The Labute approximate surface area is 57.5 Å². The number of hydrazine groups is 1. The number of unbranched alkanes of at least 4 members (excludes halogenated alkanes) is 1. The second-order valence-electron chi connectivity index (χ2n) is 2.01. The first kappa shape index (κ1) is 8.50. The highest BCUT2D eigenvalue weighted by Gasteiger charge is 1.78. The van der Waals surface area contributed by atoms with E-state index >= 15 is 0 Å². The van der Waals surface area contributed by atoms with Crippen molar-refractivity contribution in [2.75, 3.05) is 14.1 Å². The zero-order valence-corrected chi connectivity index (χ0v) is 6.52. The third-order valence-corrected chi connectivity index (χ3v) is 1.14. The second kappa shape index (κ2) is 5.63. The van der Waals surface area contributed by atoms with E-state index in [1.807, 2.05) is 25.3 Å². The van der Waals surface area contributed by atoms with Gasteiger partial charge in [-0.05, 0) is 6.42 Å². The van der Waals surface area contributed by atoms with Gasteiger partial charge >= 0.3 is 0 Å². The predicted molar refractivity (Wildman–Crippen MR) is 40.9 cm³/mol. The molecule has 0 aromatic heterocycles. The number of hydrogen-bond acceptors (Lipinski definition) is 2. The maximum Gasteiger partial charge on any atom is 0.0225 e. The van der Waals surface area contributed by atoms with Crippen LogP contribution in [0.25, 0.3) is 0 Å². The van der Waals surface area contributed by atoms with Crippen molar-refractivity contribution < 1.29 is 0 Å². The fraction of sp³-hybridized carbons (Fsp3) is 0.714. The van der Waals surface area contributed by atoms with E-state index in [2.05, 4.69) is 18.4 Å². The van der Waals surface area contributed by atoms with Crippen molar-refractivity contribution in [1.29, 1.82) is 0 Å². The fourth-order valence-corrected chi connectivity index (χ4v) is 0.474. The molecule has 0 radical (unpaired) electrons. The van der Waals surface area contributed by atoms with Crippen LogP contribution in [0, 0.1) is 0 Å². The molecule has 9 heavy (non-hydrogen) atoms. The first-order valence-corrected chi connectivity index (χ1v) is 3.38. The highest BCUT2D eigenvalue weighted by molar-refractivity contribution is 4.77. The van der Waals surface area contributed by atoms with Gasteiger partial charge in [-0.15, -0.1) is 0 Å². The van der Waals surface area contributed by atoms with Gasteiger partial charge in [0, 0.05) is 20.3 Å². The number of nitrogens with one attached hydrogen (secondary N) is 1. The van der Waals surface area contributed by atoms with Gasteiger partial charge in [-0.25, -0.2) is 5.43 Å². The van der Waals surface area contributed by atoms with Crippen molar-refractivity contribution in [2.45, 2.75) is 19.8 Å². The van der Waals surface area contributed by atoms with E-state index in [0.29, 0.717) is 0 Å². The maximum atomic E-state index is 2.97. The van der Waals surface area contributed by atoms with E-state index in [9.17, 15) is 0 Å². The molecule has 0 bridgehead atoms. The molecule has 0 aromatic carbocycles. The summed E-state index contributed by atoms with van der Waals surface area (Å²) in [6, 6.07) is 0. The number of rotatable bonds is 4. The Morgan fingerprint density at radius 3 is 2.67 bits per heavy atom. The largest absolute Gasteiger partial charge is 0.319 e. The molecule has 0 spiro atoms. The summed E-state index contributed by atoms with van der Waals surface area (Å²) in [6.45, 7) is 2.17. The van der Waals surface area contributed by atoms with Crippen molar-refractivity contribution in [3.8, 4) is 0 Å². The summed E-state index contributed by atoms with van der Waals surface area (Å²) in [5, 5.41) is 1.93. The zero-order valence-electron chi connectivity index (χ0n) is 6.52. The number of nitrogens with zero attached hydrogens (tertiary/aromatic N) is 1. The summed E-state index contributed by atoms with van der Waals surface area (Å²) >= 11 is 0. The fourth-order valence-electron chi connectivity index (χ4n) is 0.474. The lowest BCUT2D eigenvalue weighted by atomic mass is 10.3. The van der Waals surface area contributed by atoms with Crippen molar-refractivity contribution in [3.63, 3.8) is 0 Å². The van der Waals surface area contributed by atoms with Gasteiger partial charge in [0.1, 0.15) is 0 Å². The van der Waals surface area contributed by atoms with Gasteiger partial charge in [-0.1, -0.05) is 19.4 Å². The Kier molecular flexibility index (Phi) is 5.32. The summed E-state index contributed by atoms with van der Waals surface area (Å²) < 4.78 is 0. The lowest BCUT2D eigenvalue weighted by Gasteiger charge is -2.09. The molecule has 1 N–H and O–H groups in total. The first-order valence-electron chi connectivity index (χ1n) is 3.38. The molecule has 0 fully saturated rings. The molecular weight excluding hydrogens is 112 g/mol. The molecule has 0 unspecified atom stereocenters. The Morgan fingerprint density at radius 2 is 2.22 bits per heavy atom. The van der Waals surface area contributed by atoms with Crippen LogP contribution >= 0.6 is 0 Å². The quantitative estimate of drug-likeness (QED) is 0.575. The van der Waals surface area contributed by atoms with Crippen molar-refractivity contribution >= 4 is 0 Å². The van der Waals surface area contributed by atoms with Crippen LogP contribution in [0.3, 0.4) is 0 Å². The molecule has 2 nitrogen and oxygen atoms in total. The molecule has 0 aliphatic carbocycles. The van der Waals surface area contributed by atoms with Gasteiger partial charge in [-0.3, -0.25) is 0 Å². The minimum atomic E-state index is 1.16. The summed E-state index contributed by atoms with van der Waals surface area (Å²) in [6.07, 6.45) is 6.56. The maximum absolute atomic E-state index is 2.97. The Balaban J connectivity index is 3.20. The van der Waals surface area contributed by atoms with Gasteiger partial charge in [0.2, 0.25) is 0 Å². The second-order valence-corrected chi connectivity index (χ2v) is 2.01. The first-order chi connectivity index (χ1) is 4.31. The van der Waals surface area contributed by atoms with Crippen LogP contribution in [0.4, 0.5) is 0 Å². The van der Waals surface area contributed by atoms with Crippen LogP contribution in [-0.2, 0) is 0 Å². The van der Waals surface area contributed by atoms with Crippen molar-refractivity contribution in [2.24, 2.45) is 0 Å². The summed E-state index contributed by atoms with van der Waals surface area (Å²) in [7, 11) is 3.88. The van der Waals surface area contributed by atoms with Gasteiger partial charge < -0.3 is 5.01 Å². The molecule has 0 saturated carbocycles. The lowest BCUT2D eigenvalue weighted by Crippen LogP contribution is -2.24. The highest BCUT2D eigenvalue weighted by Crippen LogP contribution is 1.88. The van der Waals surface area contributed by atoms with Gasteiger partial charge in [0.05, 0.1) is 0 Å². The smallest absolute Gasteiger partial charge is 0.0225 e. The lowest BCUT2D eigenvalue weighted by molar-refractivity contribution is 0.364. The van der Waals surface area contributed by atoms with Crippen LogP contribution in [0.5, 0.6) is 0 Å². The van der Waals surface area contributed by atoms with E-state index in [-0.39, 0.29) is 0 Å². The van der Waals surface area contributed by atoms with Crippen LogP contribution in [0.15, 0.2) is 12.3 Å². The third kappa shape index (κ3) is 5.37. The third-order valence-electron chi connectivity index (χ3n) is 1.14. The van der Waals surface area contributed by atoms with Crippen LogP contribution in [0.1, 0.15) is 19.8 Å². The minimum absolute atomic E-state index is 1.16. The Morgan fingerprint density at radius 1 is 1.56 bits per heavy atom. The molecule has 0 amide bonds. The molecule has 0 saturated heterocycles. The zero-order chi connectivity index (χ0) is 7.11. The number of hydrogen-bond donors (Lipinski definition) is 1. The molecule has 0 aliphatic heterocycles. The Bertz CT molecular complexity index is 79.0. The minimum Gasteiger partial charge on any atom is -0.319 e. The molecule has 0 atom stereocenters.